The Balaban J connectivity index is 1.31. The second kappa shape index (κ2) is 10.0. The van der Waals surface area contributed by atoms with Gasteiger partial charge in [0.25, 0.3) is 5.91 Å². The van der Waals surface area contributed by atoms with Crippen LogP contribution in [0.1, 0.15) is 54.8 Å². The van der Waals surface area contributed by atoms with E-state index in [1.54, 1.807) is 24.2 Å². The number of nitrogens with zero attached hydrogens (tertiary/aromatic N) is 3. The van der Waals surface area contributed by atoms with Gasteiger partial charge in [0.1, 0.15) is 5.58 Å². The van der Waals surface area contributed by atoms with Crippen molar-refractivity contribution in [3.05, 3.63) is 77.7 Å². The van der Waals surface area contributed by atoms with Gasteiger partial charge < -0.3 is 19.3 Å². The Kier molecular flexibility index (Phi) is 6.82. The zero-order valence-electron chi connectivity index (χ0n) is 21.4. The topological polar surface area (TPSA) is 69.8 Å². The van der Waals surface area contributed by atoms with E-state index in [4.69, 9.17) is 4.42 Å². The number of rotatable bonds is 7. The molecule has 0 radical (unpaired) electrons. The summed E-state index contributed by atoms with van der Waals surface area (Å²) in [5.74, 6) is 0.800. The van der Waals surface area contributed by atoms with Gasteiger partial charge in [-0.3, -0.25) is 9.78 Å². The number of carbonyl (C=O) groups is 1. The van der Waals surface area contributed by atoms with Gasteiger partial charge in [-0.05, 0) is 60.2 Å². The van der Waals surface area contributed by atoms with Crippen molar-refractivity contribution in [2.45, 2.75) is 45.3 Å². The Hall–Kier alpha value is -3.22. The van der Waals surface area contributed by atoms with E-state index in [0.29, 0.717) is 36.6 Å². The molecule has 3 heterocycles. The van der Waals surface area contributed by atoms with Gasteiger partial charge in [-0.15, -0.1) is 0 Å². The van der Waals surface area contributed by atoms with Gasteiger partial charge in [0.15, 0.2) is 5.76 Å². The van der Waals surface area contributed by atoms with Crippen LogP contribution >= 0.6 is 0 Å². The molecule has 2 aromatic heterocycles. The van der Waals surface area contributed by atoms with Crippen LogP contribution in [-0.4, -0.2) is 52.5 Å². The Labute approximate surface area is 212 Å². The molecule has 2 aromatic carbocycles. The van der Waals surface area contributed by atoms with E-state index in [1.165, 1.54) is 6.42 Å². The first kappa shape index (κ1) is 24.5. The highest BCUT2D eigenvalue weighted by Gasteiger charge is 2.34. The fourth-order valence-electron chi connectivity index (χ4n) is 5.22. The molecule has 4 aromatic rings. The number of hydrogen-bond donors (Lipinski definition) is 1. The monoisotopic (exact) mass is 485 g/mol. The molecule has 1 atom stereocenters. The average molecular weight is 486 g/mol. The highest BCUT2D eigenvalue weighted by molar-refractivity contribution is 5.96. The minimum atomic E-state index is -0.846. The first-order valence-electron chi connectivity index (χ1n) is 12.9. The second-order valence-corrected chi connectivity index (χ2v) is 10.4. The van der Waals surface area contributed by atoms with Gasteiger partial charge in [-0.25, -0.2) is 0 Å². The number of carbonyl (C=O) groups excluding carboxylic acids is 1. The van der Waals surface area contributed by atoms with E-state index in [2.05, 4.69) is 23.7 Å². The van der Waals surface area contributed by atoms with E-state index in [9.17, 15) is 9.90 Å². The molecule has 1 aliphatic rings. The number of aromatic nitrogens is 1. The summed E-state index contributed by atoms with van der Waals surface area (Å²) < 4.78 is 5.93. The lowest BCUT2D eigenvalue weighted by Gasteiger charge is -2.39. The molecule has 1 amide bonds. The van der Waals surface area contributed by atoms with Crippen LogP contribution in [0, 0.1) is 5.92 Å². The van der Waals surface area contributed by atoms with Crippen LogP contribution in [0.2, 0.25) is 0 Å². The lowest BCUT2D eigenvalue weighted by molar-refractivity contribution is -0.0283. The molecule has 6 heteroatoms. The number of likely N-dealkylation sites (tertiary alicyclic amines) is 1. The summed E-state index contributed by atoms with van der Waals surface area (Å²) in [6.45, 7) is 7.83. The summed E-state index contributed by atoms with van der Waals surface area (Å²) in [5.41, 5.74) is 2.66. The number of amides is 1. The third-order valence-electron chi connectivity index (χ3n) is 7.70. The van der Waals surface area contributed by atoms with Gasteiger partial charge in [0, 0.05) is 50.2 Å². The summed E-state index contributed by atoms with van der Waals surface area (Å²) in [4.78, 5) is 21.7. The summed E-state index contributed by atoms with van der Waals surface area (Å²) in [5, 5.41) is 13.3. The molecule has 0 spiro atoms. The maximum absolute atomic E-state index is 13.2. The van der Waals surface area contributed by atoms with Crippen LogP contribution in [0.25, 0.3) is 21.9 Å². The smallest absolute Gasteiger partial charge is 0.289 e. The predicted octanol–water partition coefficient (Wildman–Crippen LogP) is 5.58. The van der Waals surface area contributed by atoms with Crippen molar-refractivity contribution in [3.63, 3.8) is 0 Å². The van der Waals surface area contributed by atoms with E-state index < -0.39 is 5.60 Å². The molecule has 36 heavy (non-hydrogen) atoms. The number of fused-ring (bicyclic) bond motifs is 2. The molecule has 5 rings (SSSR count). The van der Waals surface area contributed by atoms with Crippen LogP contribution in [-0.2, 0) is 12.1 Å². The van der Waals surface area contributed by atoms with Crippen LogP contribution in [0.5, 0.6) is 0 Å². The standard InChI is InChI=1S/C30H35N3O3/c1-4-21(2)19-33-15-12-30(35,13-16-33)24-10-11-27-23(17-24)18-28(36-27)29(34)32(3)20-22-7-5-9-26-25(22)8-6-14-31-26/h5-11,14,17-18,21,35H,4,12-13,15-16,19-20H2,1-3H3. The summed E-state index contributed by atoms with van der Waals surface area (Å²) in [6.07, 6.45) is 4.37. The Morgan fingerprint density at radius 2 is 1.97 bits per heavy atom. The molecule has 0 aliphatic carbocycles. The zero-order valence-corrected chi connectivity index (χ0v) is 21.4. The molecule has 6 nitrogen and oxygen atoms in total. The SMILES string of the molecule is CCC(C)CN1CCC(O)(c2ccc3oc(C(=O)N(C)Cc4cccc5ncccc45)cc3c2)CC1. The number of benzene rings is 2. The molecule has 0 bridgehead atoms. The van der Waals surface area contributed by atoms with Crippen molar-refractivity contribution < 1.29 is 14.3 Å². The second-order valence-electron chi connectivity index (χ2n) is 10.4. The molecule has 1 N–H and O–H groups in total. The van der Waals surface area contributed by atoms with Crippen LogP contribution < -0.4 is 0 Å². The summed E-state index contributed by atoms with van der Waals surface area (Å²) in [6, 6.07) is 17.5. The van der Waals surface area contributed by atoms with Crippen molar-refractivity contribution in [2.75, 3.05) is 26.7 Å². The van der Waals surface area contributed by atoms with Crippen molar-refractivity contribution in [3.8, 4) is 0 Å². The highest BCUT2D eigenvalue weighted by Crippen LogP contribution is 2.35. The normalized spacial score (nSPS) is 16.9. The summed E-state index contributed by atoms with van der Waals surface area (Å²) in [7, 11) is 1.78. The maximum Gasteiger partial charge on any atom is 0.289 e. The zero-order chi connectivity index (χ0) is 25.3. The minimum Gasteiger partial charge on any atom is -0.451 e. The lowest BCUT2D eigenvalue weighted by Crippen LogP contribution is -2.43. The minimum absolute atomic E-state index is 0.175. The van der Waals surface area contributed by atoms with E-state index >= 15 is 0 Å². The largest absolute Gasteiger partial charge is 0.451 e. The van der Waals surface area contributed by atoms with Gasteiger partial charge in [-0.2, -0.15) is 0 Å². The average Bonchev–Trinajstić information content (AvgIpc) is 3.33. The Bertz CT molecular complexity index is 1370. The van der Waals surface area contributed by atoms with Gasteiger partial charge >= 0.3 is 0 Å². The predicted molar refractivity (Wildman–Crippen MR) is 143 cm³/mol. The number of piperidine rings is 1. The maximum atomic E-state index is 13.2. The molecule has 0 saturated carbocycles. The number of furan rings is 1. The Morgan fingerprint density at radius 3 is 2.75 bits per heavy atom. The molecule has 1 aliphatic heterocycles. The van der Waals surface area contributed by atoms with Crippen LogP contribution in [0.15, 0.2) is 65.2 Å². The van der Waals surface area contributed by atoms with E-state index in [0.717, 1.165) is 47.1 Å². The summed E-state index contributed by atoms with van der Waals surface area (Å²) >= 11 is 0. The fourth-order valence-corrected chi connectivity index (χ4v) is 5.22. The molecule has 188 valence electrons. The first-order chi connectivity index (χ1) is 17.4. The Morgan fingerprint density at radius 1 is 1.17 bits per heavy atom. The van der Waals surface area contributed by atoms with Gasteiger partial charge in [-0.1, -0.05) is 44.5 Å². The van der Waals surface area contributed by atoms with Crippen LogP contribution in [0.4, 0.5) is 0 Å². The molecule has 1 fully saturated rings. The lowest BCUT2D eigenvalue weighted by atomic mass is 9.84. The van der Waals surface area contributed by atoms with Crippen molar-refractivity contribution in [2.24, 2.45) is 5.92 Å². The molecular weight excluding hydrogens is 450 g/mol. The molecule has 1 saturated heterocycles. The third-order valence-corrected chi connectivity index (χ3v) is 7.70. The quantitative estimate of drug-likeness (QED) is 0.370. The van der Waals surface area contributed by atoms with Crippen molar-refractivity contribution >= 4 is 27.8 Å². The highest BCUT2D eigenvalue weighted by atomic mass is 16.3. The molecule has 1 unspecified atom stereocenters. The number of pyridine rings is 1. The molecular formula is C30H35N3O3. The third kappa shape index (κ3) is 4.88. The van der Waals surface area contributed by atoms with Crippen LogP contribution in [0.3, 0.4) is 0 Å². The number of aliphatic hydroxyl groups is 1. The van der Waals surface area contributed by atoms with Gasteiger partial charge in [0.2, 0.25) is 0 Å². The van der Waals surface area contributed by atoms with Gasteiger partial charge in [0.05, 0.1) is 11.1 Å². The van der Waals surface area contributed by atoms with Crippen molar-refractivity contribution in [1.29, 1.82) is 0 Å². The number of hydrogen-bond acceptors (Lipinski definition) is 5. The van der Waals surface area contributed by atoms with E-state index in [1.807, 2.05) is 48.5 Å². The van der Waals surface area contributed by atoms with Crippen molar-refractivity contribution in [1.82, 2.24) is 14.8 Å². The van der Waals surface area contributed by atoms with E-state index in [-0.39, 0.29) is 5.91 Å². The fraction of sp³-hybridized carbons (Fsp3) is 0.400. The first-order valence-corrected chi connectivity index (χ1v) is 12.9.